The Labute approximate surface area is 98.2 Å². The van der Waals surface area contributed by atoms with Crippen molar-refractivity contribution in [1.82, 2.24) is 0 Å². The lowest BCUT2D eigenvalue weighted by Gasteiger charge is -2.30. The van der Waals surface area contributed by atoms with Crippen LogP contribution >= 0.6 is 11.8 Å². The first kappa shape index (κ1) is 15.0. The zero-order valence-corrected chi connectivity index (χ0v) is 11.7. The summed E-state index contributed by atoms with van der Waals surface area (Å²) in [4.78, 5) is 11.9. The minimum atomic E-state index is -0.239. The minimum absolute atomic E-state index is 0.195. The van der Waals surface area contributed by atoms with Gasteiger partial charge in [0, 0.05) is 18.3 Å². The molecule has 0 fully saturated rings. The third kappa shape index (κ3) is 6.96. The Kier molecular flexibility index (Phi) is 5.89. The van der Waals surface area contributed by atoms with Gasteiger partial charge in [0.1, 0.15) is 0 Å². The smallest absolute Gasteiger partial charge is 0.194 e. The van der Waals surface area contributed by atoms with E-state index in [4.69, 9.17) is 4.74 Å². The van der Waals surface area contributed by atoms with Gasteiger partial charge in [-0.3, -0.25) is 4.79 Å². The minimum Gasteiger partial charge on any atom is -0.384 e. The lowest BCUT2D eigenvalue weighted by Crippen LogP contribution is -2.27. The van der Waals surface area contributed by atoms with Gasteiger partial charge in [-0.15, -0.1) is 0 Å². The summed E-state index contributed by atoms with van der Waals surface area (Å²) in [6.45, 7) is 11.2. The molecular weight excluding hydrogens is 208 g/mol. The van der Waals surface area contributed by atoms with Gasteiger partial charge in [-0.1, -0.05) is 46.4 Å². The van der Waals surface area contributed by atoms with E-state index in [0.29, 0.717) is 6.61 Å². The molecule has 0 saturated carbocycles. The van der Waals surface area contributed by atoms with E-state index in [2.05, 4.69) is 20.8 Å². The summed E-state index contributed by atoms with van der Waals surface area (Å²) in [6.07, 6.45) is 0.915. The van der Waals surface area contributed by atoms with Crippen molar-refractivity contribution >= 4 is 16.9 Å². The standard InChI is InChI=1S/C12H24O2S/c1-11(2,3)9-12(4,5)10(13)15-8-7-14-6/h7-9H2,1-6H3. The highest BCUT2D eigenvalue weighted by Gasteiger charge is 2.32. The Balaban J connectivity index is 4.14. The molecule has 90 valence electrons. The van der Waals surface area contributed by atoms with Crippen LogP contribution in [0.2, 0.25) is 0 Å². The Morgan fingerprint density at radius 2 is 1.73 bits per heavy atom. The number of methoxy groups -OCH3 is 1. The molecule has 0 bridgehead atoms. The molecule has 0 N–H and O–H groups in total. The van der Waals surface area contributed by atoms with Crippen molar-refractivity contribution in [2.45, 2.75) is 41.0 Å². The lowest BCUT2D eigenvalue weighted by molar-refractivity contribution is -0.119. The van der Waals surface area contributed by atoms with Crippen LogP contribution in [0.1, 0.15) is 41.0 Å². The molecule has 0 aliphatic rings. The monoisotopic (exact) mass is 232 g/mol. The Bertz CT molecular complexity index is 204. The lowest BCUT2D eigenvalue weighted by atomic mass is 9.77. The summed E-state index contributed by atoms with van der Waals surface area (Å²) in [5.41, 5.74) is -0.0440. The Morgan fingerprint density at radius 1 is 1.20 bits per heavy atom. The van der Waals surface area contributed by atoms with E-state index in [1.807, 2.05) is 13.8 Å². The molecule has 0 aromatic rings. The van der Waals surface area contributed by atoms with E-state index in [1.54, 1.807) is 7.11 Å². The summed E-state index contributed by atoms with van der Waals surface area (Å²) >= 11 is 1.38. The number of carbonyl (C=O) groups excluding carboxylic acids is 1. The fraction of sp³-hybridized carbons (Fsp3) is 0.917. The molecule has 0 saturated heterocycles. The second kappa shape index (κ2) is 5.90. The Morgan fingerprint density at radius 3 is 2.13 bits per heavy atom. The van der Waals surface area contributed by atoms with Crippen molar-refractivity contribution in [1.29, 1.82) is 0 Å². The van der Waals surface area contributed by atoms with Crippen LogP contribution in [0.5, 0.6) is 0 Å². The van der Waals surface area contributed by atoms with Gasteiger partial charge in [0.2, 0.25) is 0 Å². The van der Waals surface area contributed by atoms with Gasteiger partial charge in [-0.05, 0) is 11.8 Å². The van der Waals surface area contributed by atoms with Crippen LogP contribution in [0, 0.1) is 10.8 Å². The third-order valence-corrected chi connectivity index (χ3v) is 3.23. The van der Waals surface area contributed by atoms with Crippen LogP contribution in [0.3, 0.4) is 0 Å². The maximum atomic E-state index is 11.9. The van der Waals surface area contributed by atoms with Crippen LogP contribution in [0.15, 0.2) is 0 Å². The van der Waals surface area contributed by atoms with Crippen LogP contribution in [-0.2, 0) is 9.53 Å². The second-order valence-corrected chi connectivity index (χ2v) is 6.82. The molecule has 0 rings (SSSR count). The summed E-state index contributed by atoms with van der Waals surface area (Å²) in [6, 6.07) is 0. The summed E-state index contributed by atoms with van der Waals surface area (Å²) in [7, 11) is 1.66. The zero-order chi connectivity index (χ0) is 12.1. The van der Waals surface area contributed by atoms with Crippen molar-refractivity contribution in [2.75, 3.05) is 19.5 Å². The van der Waals surface area contributed by atoms with Gasteiger partial charge in [0.15, 0.2) is 5.12 Å². The first-order valence-corrected chi connectivity index (χ1v) is 6.34. The highest BCUT2D eigenvalue weighted by molar-refractivity contribution is 8.13. The zero-order valence-electron chi connectivity index (χ0n) is 10.8. The molecule has 2 nitrogen and oxygen atoms in total. The molecule has 0 aromatic carbocycles. The normalized spacial score (nSPS) is 12.9. The topological polar surface area (TPSA) is 26.3 Å². The molecule has 0 atom stereocenters. The van der Waals surface area contributed by atoms with Crippen molar-refractivity contribution in [3.8, 4) is 0 Å². The first-order valence-electron chi connectivity index (χ1n) is 5.35. The summed E-state index contributed by atoms with van der Waals surface area (Å²) in [5.74, 6) is 0.753. The molecule has 15 heavy (non-hydrogen) atoms. The molecule has 0 amide bonds. The van der Waals surface area contributed by atoms with E-state index in [-0.39, 0.29) is 15.9 Å². The van der Waals surface area contributed by atoms with Gasteiger partial charge in [0.05, 0.1) is 6.61 Å². The molecule has 0 aromatic heterocycles. The summed E-state index contributed by atoms with van der Waals surface area (Å²) < 4.78 is 4.93. The number of thioether (sulfide) groups is 1. The Hall–Kier alpha value is -0.0200. The molecule has 0 radical (unpaired) electrons. The van der Waals surface area contributed by atoms with Crippen LogP contribution in [-0.4, -0.2) is 24.6 Å². The van der Waals surface area contributed by atoms with Crippen LogP contribution in [0.25, 0.3) is 0 Å². The first-order chi connectivity index (χ1) is 6.69. The number of ether oxygens (including phenoxy) is 1. The molecule has 0 aliphatic heterocycles. The van der Waals surface area contributed by atoms with Gasteiger partial charge in [-0.25, -0.2) is 0 Å². The molecule has 0 spiro atoms. The van der Waals surface area contributed by atoms with Gasteiger partial charge in [0.25, 0.3) is 0 Å². The third-order valence-electron chi connectivity index (χ3n) is 2.05. The van der Waals surface area contributed by atoms with E-state index >= 15 is 0 Å². The molecule has 3 heteroatoms. The largest absolute Gasteiger partial charge is 0.384 e. The summed E-state index contributed by atoms with van der Waals surface area (Å²) in [5, 5.41) is 0.273. The quantitative estimate of drug-likeness (QED) is 0.680. The highest BCUT2D eigenvalue weighted by atomic mass is 32.2. The fourth-order valence-corrected chi connectivity index (χ4v) is 2.71. The van der Waals surface area contributed by atoms with E-state index in [1.165, 1.54) is 11.8 Å². The van der Waals surface area contributed by atoms with Gasteiger partial charge >= 0.3 is 0 Å². The van der Waals surface area contributed by atoms with E-state index in [9.17, 15) is 4.79 Å². The van der Waals surface area contributed by atoms with Crippen LogP contribution < -0.4 is 0 Å². The second-order valence-electron chi connectivity index (χ2n) is 5.75. The fourth-order valence-electron chi connectivity index (χ4n) is 1.81. The highest BCUT2D eigenvalue weighted by Crippen LogP contribution is 2.36. The number of hydrogen-bond acceptors (Lipinski definition) is 3. The van der Waals surface area contributed by atoms with E-state index < -0.39 is 0 Å². The van der Waals surface area contributed by atoms with Gasteiger partial charge < -0.3 is 4.74 Å². The SMILES string of the molecule is COCCSC(=O)C(C)(C)CC(C)(C)C. The van der Waals surface area contributed by atoms with E-state index in [0.717, 1.165) is 12.2 Å². The molecule has 0 unspecified atom stereocenters. The van der Waals surface area contributed by atoms with Crippen molar-refractivity contribution in [3.05, 3.63) is 0 Å². The molecule has 0 heterocycles. The average Bonchev–Trinajstić information content (AvgIpc) is 2.00. The van der Waals surface area contributed by atoms with Crippen molar-refractivity contribution < 1.29 is 9.53 Å². The van der Waals surface area contributed by atoms with Gasteiger partial charge in [-0.2, -0.15) is 0 Å². The average molecular weight is 232 g/mol. The number of carbonyl (C=O) groups is 1. The molecule has 0 aliphatic carbocycles. The maximum absolute atomic E-state index is 11.9. The predicted molar refractivity (Wildman–Crippen MR) is 67.2 cm³/mol. The number of rotatable bonds is 5. The number of hydrogen-bond donors (Lipinski definition) is 0. The van der Waals surface area contributed by atoms with Crippen molar-refractivity contribution in [3.63, 3.8) is 0 Å². The van der Waals surface area contributed by atoms with Crippen LogP contribution in [0.4, 0.5) is 0 Å². The maximum Gasteiger partial charge on any atom is 0.194 e. The molecular formula is C12H24O2S. The van der Waals surface area contributed by atoms with Crippen molar-refractivity contribution in [2.24, 2.45) is 10.8 Å². The predicted octanol–water partition coefficient (Wildman–Crippen LogP) is 3.36.